The number of hydrogen-bond acceptors (Lipinski definition) is 3. The van der Waals surface area contributed by atoms with E-state index in [4.69, 9.17) is 10.5 Å². The molecule has 0 radical (unpaired) electrons. The van der Waals surface area contributed by atoms with Gasteiger partial charge in [0, 0.05) is 15.6 Å². The summed E-state index contributed by atoms with van der Waals surface area (Å²) in [6, 6.07) is 17.6. The summed E-state index contributed by atoms with van der Waals surface area (Å²) < 4.78 is 6.55. The minimum atomic E-state index is -0.733. The molecule has 3 rings (SSSR count). The lowest BCUT2D eigenvalue weighted by atomic mass is 9.90. The van der Waals surface area contributed by atoms with Gasteiger partial charge in [-0.25, -0.2) is 0 Å². The molecule has 2 N–H and O–H groups in total. The van der Waals surface area contributed by atoms with Gasteiger partial charge in [-0.15, -0.1) is 0 Å². The lowest BCUT2D eigenvalue weighted by molar-refractivity contribution is 0.245. The summed E-state index contributed by atoms with van der Waals surface area (Å²) in [6.45, 7) is 0. The molecular weight excluding hydrogens is 316 g/mol. The molecule has 0 spiro atoms. The quantitative estimate of drug-likeness (QED) is 0.873. The first-order valence-corrected chi connectivity index (χ1v) is 6.92. The largest absolute Gasteiger partial charge is 0.470 e. The average molecular weight is 327 g/mol. The summed E-state index contributed by atoms with van der Waals surface area (Å²) in [5.74, 6) is 0.693. The van der Waals surface area contributed by atoms with Gasteiger partial charge in [0.1, 0.15) is 11.8 Å². The van der Waals surface area contributed by atoms with Crippen LogP contribution in [0.5, 0.6) is 5.75 Å². The van der Waals surface area contributed by atoms with E-state index in [1.807, 2.05) is 48.5 Å². The van der Waals surface area contributed by atoms with Gasteiger partial charge < -0.3 is 4.74 Å². The van der Waals surface area contributed by atoms with Crippen LogP contribution in [-0.2, 0) is 0 Å². The third-order valence-electron chi connectivity index (χ3n) is 3.20. The second-order valence-electron chi connectivity index (χ2n) is 4.45. The van der Waals surface area contributed by atoms with Crippen molar-refractivity contribution in [1.29, 1.82) is 5.26 Å². The lowest BCUT2D eigenvalue weighted by Crippen LogP contribution is -2.32. The predicted octanol–water partition coefficient (Wildman–Crippen LogP) is 3.45. The minimum Gasteiger partial charge on any atom is -0.470 e. The fraction of sp³-hybridized carbons (Fsp3) is 0.0625. The van der Waals surface area contributed by atoms with Gasteiger partial charge in [0.15, 0.2) is 6.23 Å². The third kappa shape index (κ3) is 2.11. The Kier molecular flexibility index (Phi) is 3.31. The molecule has 1 aliphatic heterocycles. The molecule has 1 heterocycles. The van der Waals surface area contributed by atoms with E-state index in [1.165, 1.54) is 0 Å². The van der Waals surface area contributed by atoms with E-state index in [-0.39, 0.29) is 0 Å². The van der Waals surface area contributed by atoms with Crippen LogP contribution in [0.1, 0.15) is 11.1 Å². The first kappa shape index (κ1) is 12.9. The smallest absolute Gasteiger partial charge is 0.184 e. The van der Waals surface area contributed by atoms with Crippen LogP contribution in [0.4, 0.5) is 0 Å². The van der Waals surface area contributed by atoms with Crippen LogP contribution in [0.15, 0.2) is 58.6 Å². The van der Waals surface area contributed by atoms with Crippen LogP contribution in [-0.4, -0.2) is 6.23 Å². The number of nitriles is 1. The van der Waals surface area contributed by atoms with Crippen molar-refractivity contribution in [2.75, 3.05) is 0 Å². The minimum absolute atomic E-state index is 0.446. The molecule has 4 heteroatoms. The van der Waals surface area contributed by atoms with E-state index >= 15 is 0 Å². The monoisotopic (exact) mass is 326 g/mol. The Bertz CT molecular complexity index is 732. The maximum absolute atomic E-state index is 9.41. The number of fused-ring (bicyclic) bond motifs is 1. The Morgan fingerprint density at radius 3 is 2.60 bits per heavy atom. The summed E-state index contributed by atoms with van der Waals surface area (Å²) in [4.78, 5) is 0. The van der Waals surface area contributed by atoms with Crippen molar-refractivity contribution in [3.63, 3.8) is 0 Å². The van der Waals surface area contributed by atoms with E-state index in [9.17, 15) is 5.26 Å². The maximum atomic E-state index is 9.41. The zero-order valence-corrected chi connectivity index (χ0v) is 12.1. The number of rotatable bonds is 1. The summed E-state index contributed by atoms with van der Waals surface area (Å²) in [6.07, 6.45) is -0.733. The third-order valence-corrected chi connectivity index (χ3v) is 3.69. The van der Waals surface area contributed by atoms with Gasteiger partial charge in [-0.3, -0.25) is 5.73 Å². The molecule has 0 aliphatic carbocycles. The van der Waals surface area contributed by atoms with Gasteiger partial charge in [-0.2, -0.15) is 5.26 Å². The molecule has 2 aromatic carbocycles. The van der Waals surface area contributed by atoms with Crippen LogP contribution >= 0.6 is 15.9 Å². The van der Waals surface area contributed by atoms with Crippen molar-refractivity contribution in [3.8, 4) is 11.8 Å². The summed E-state index contributed by atoms with van der Waals surface area (Å²) in [7, 11) is 0. The molecule has 0 saturated heterocycles. The molecular formula is C16H11BrN2O. The lowest BCUT2D eigenvalue weighted by Gasteiger charge is -2.26. The number of ether oxygens (including phenoxy) is 1. The van der Waals surface area contributed by atoms with E-state index < -0.39 is 6.23 Å². The van der Waals surface area contributed by atoms with Gasteiger partial charge >= 0.3 is 0 Å². The van der Waals surface area contributed by atoms with Gasteiger partial charge in [-0.1, -0.05) is 46.3 Å². The molecule has 0 amide bonds. The molecule has 1 unspecified atom stereocenters. The highest BCUT2D eigenvalue weighted by atomic mass is 79.9. The fourth-order valence-corrected chi connectivity index (χ4v) is 2.68. The summed E-state index contributed by atoms with van der Waals surface area (Å²) in [5.41, 5.74) is 9.08. The maximum Gasteiger partial charge on any atom is 0.184 e. The second-order valence-corrected chi connectivity index (χ2v) is 5.36. The van der Waals surface area contributed by atoms with Crippen LogP contribution in [0.2, 0.25) is 0 Å². The molecule has 3 nitrogen and oxygen atoms in total. The Hall–Kier alpha value is -2.09. The summed E-state index contributed by atoms with van der Waals surface area (Å²) in [5, 5.41) is 9.41. The summed E-state index contributed by atoms with van der Waals surface area (Å²) >= 11 is 3.46. The highest BCUT2D eigenvalue weighted by Crippen LogP contribution is 2.39. The number of hydrogen-bond donors (Lipinski definition) is 1. The predicted molar refractivity (Wildman–Crippen MR) is 80.8 cm³/mol. The Morgan fingerprint density at radius 2 is 1.90 bits per heavy atom. The number of nitrogens with zero attached hydrogens (tertiary/aromatic N) is 1. The SMILES string of the molecule is N#CC1=C(c2ccccc2)c2cc(Br)ccc2OC1N. The molecule has 1 aliphatic rings. The molecule has 0 saturated carbocycles. The van der Waals surface area contributed by atoms with E-state index in [2.05, 4.69) is 22.0 Å². The first-order chi connectivity index (χ1) is 9.70. The van der Waals surface area contributed by atoms with Gasteiger partial charge in [0.25, 0.3) is 0 Å². The Morgan fingerprint density at radius 1 is 1.15 bits per heavy atom. The second kappa shape index (κ2) is 5.12. The van der Waals surface area contributed by atoms with Crippen LogP contribution < -0.4 is 10.5 Å². The van der Waals surface area contributed by atoms with Gasteiger partial charge in [0.2, 0.25) is 0 Å². The molecule has 0 bridgehead atoms. The van der Waals surface area contributed by atoms with Crippen LogP contribution in [0.3, 0.4) is 0 Å². The molecule has 20 heavy (non-hydrogen) atoms. The zero-order valence-electron chi connectivity index (χ0n) is 10.5. The number of halogens is 1. The van der Waals surface area contributed by atoms with Crippen molar-refractivity contribution < 1.29 is 4.74 Å². The average Bonchev–Trinajstić information content (AvgIpc) is 2.47. The molecule has 0 aromatic heterocycles. The number of nitrogens with two attached hydrogens (primary N) is 1. The standard InChI is InChI=1S/C16H11BrN2O/c17-11-6-7-14-12(8-11)15(10-4-2-1-3-5-10)13(9-18)16(19)20-14/h1-8,16H,19H2. The topological polar surface area (TPSA) is 59.0 Å². The van der Waals surface area contributed by atoms with Crippen molar-refractivity contribution >= 4 is 21.5 Å². The Labute approximate surface area is 125 Å². The normalized spacial score (nSPS) is 17.1. The van der Waals surface area contributed by atoms with E-state index in [1.54, 1.807) is 0 Å². The van der Waals surface area contributed by atoms with Crippen molar-refractivity contribution in [2.24, 2.45) is 5.73 Å². The van der Waals surface area contributed by atoms with Gasteiger partial charge in [-0.05, 0) is 23.8 Å². The number of benzene rings is 2. The van der Waals surface area contributed by atoms with Crippen LogP contribution in [0.25, 0.3) is 5.57 Å². The fourth-order valence-electron chi connectivity index (χ4n) is 2.32. The van der Waals surface area contributed by atoms with Crippen molar-refractivity contribution in [2.45, 2.75) is 6.23 Å². The first-order valence-electron chi connectivity index (χ1n) is 6.12. The zero-order chi connectivity index (χ0) is 14.1. The van der Waals surface area contributed by atoms with Gasteiger partial charge in [0.05, 0.1) is 5.57 Å². The molecule has 0 fully saturated rings. The van der Waals surface area contributed by atoms with Crippen molar-refractivity contribution in [3.05, 3.63) is 69.7 Å². The Balaban J connectivity index is 2.31. The highest BCUT2D eigenvalue weighted by molar-refractivity contribution is 9.10. The van der Waals surface area contributed by atoms with Crippen LogP contribution in [0, 0.1) is 11.3 Å². The van der Waals surface area contributed by atoms with Crippen molar-refractivity contribution in [1.82, 2.24) is 0 Å². The highest BCUT2D eigenvalue weighted by Gasteiger charge is 2.27. The molecule has 98 valence electrons. The van der Waals surface area contributed by atoms with E-state index in [0.717, 1.165) is 21.2 Å². The molecule has 2 aromatic rings. The van der Waals surface area contributed by atoms with E-state index in [0.29, 0.717) is 11.3 Å². The molecule has 1 atom stereocenters.